The molecule has 0 radical (unpaired) electrons. The molecule has 1 amide bonds. The highest BCUT2D eigenvalue weighted by Gasteiger charge is 2.41. The van der Waals surface area contributed by atoms with Crippen LogP contribution >= 0.6 is 0 Å². The first-order valence-electron chi connectivity index (χ1n) is 7.53. The highest BCUT2D eigenvalue weighted by atomic mass is 16.4. The van der Waals surface area contributed by atoms with Gasteiger partial charge >= 0.3 is 5.97 Å². The third-order valence-corrected chi connectivity index (χ3v) is 4.10. The van der Waals surface area contributed by atoms with Gasteiger partial charge in [-0.25, -0.2) is 0 Å². The number of carbonyl (C=O) groups is 2. The van der Waals surface area contributed by atoms with E-state index in [9.17, 15) is 19.8 Å². The van der Waals surface area contributed by atoms with E-state index in [0.717, 1.165) is 19.3 Å². The van der Waals surface area contributed by atoms with Gasteiger partial charge in [-0.05, 0) is 25.2 Å². The van der Waals surface area contributed by atoms with Gasteiger partial charge in [0.15, 0.2) is 0 Å². The minimum Gasteiger partial charge on any atom is -0.481 e. The zero-order chi connectivity index (χ0) is 15.2. The topological polar surface area (TPSA) is 86.6 Å². The summed E-state index contributed by atoms with van der Waals surface area (Å²) in [7, 11) is 0. The lowest BCUT2D eigenvalue weighted by molar-refractivity contribution is -0.154. The number of aliphatic hydroxyl groups excluding tert-OH is 1. The lowest BCUT2D eigenvalue weighted by atomic mass is 9.71. The van der Waals surface area contributed by atoms with Gasteiger partial charge in [0.1, 0.15) is 0 Å². The summed E-state index contributed by atoms with van der Waals surface area (Å²) in [5.74, 6) is -0.749. The number of carbonyl (C=O) groups excluding carboxylic acids is 1. The Morgan fingerprint density at radius 3 is 2.25 bits per heavy atom. The zero-order valence-corrected chi connectivity index (χ0v) is 12.5. The molecule has 1 fully saturated rings. The van der Waals surface area contributed by atoms with E-state index < -0.39 is 11.4 Å². The Morgan fingerprint density at radius 1 is 1.20 bits per heavy atom. The van der Waals surface area contributed by atoms with Crippen LogP contribution in [0.2, 0.25) is 0 Å². The SMILES string of the molecule is CC(C)CC(CO)NC(=O)CC1(C(=O)O)CCCCC1. The van der Waals surface area contributed by atoms with E-state index in [1.54, 1.807) is 0 Å². The Morgan fingerprint density at radius 2 is 1.80 bits per heavy atom. The summed E-state index contributed by atoms with van der Waals surface area (Å²) in [5, 5.41) is 21.5. The average Bonchev–Trinajstić information content (AvgIpc) is 2.38. The fraction of sp³-hybridized carbons (Fsp3) is 0.867. The van der Waals surface area contributed by atoms with Crippen LogP contribution < -0.4 is 5.32 Å². The number of hydrogen-bond donors (Lipinski definition) is 3. The summed E-state index contributed by atoms with van der Waals surface area (Å²) in [6, 6.07) is -0.281. The standard InChI is InChI=1S/C15H27NO4/c1-11(2)8-12(10-17)16-13(18)9-15(14(19)20)6-4-3-5-7-15/h11-12,17H,3-10H2,1-2H3,(H,16,18)(H,19,20). The van der Waals surface area contributed by atoms with Crippen molar-refractivity contribution >= 4 is 11.9 Å². The molecule has 0 aromatic heterocycles. The molecule has 0 aromatic carbocycles. The first-order valence-corrected chi connectivity index (χ1v) is 7.53. The zero-order valence-electron chi connectivity index (χ0n) is 12.5. The fourth-order valence-corrected chi connectivity index (χ4v) is 3.03. The molecule has 1 rings (SSSR count). The molecule has 1 atom stereocenters. The second-order valence-electron chi connectivity index (χ2n) is 6.40. The number of carboxylic acid groups (broad SMARTS) is 1. The van der Waals surface area contributed by atoms with Gasteiger partial charge < -0.3 is 15.5 Å². The first-order chi connectivity index (χ1) is 9.39. The predicted molar refractivity (Wildman–Crippen MR) is 76.2 cm³/mol. The maximum Gasteiger partial charge on any atom is 0.310 e. The largest absolute Gasteiger partial charge is 0.481 e. The average molecular weight is 285 g/mol. The number of hydrogen-bond acceptors (Lipinski definition) is 3. The van der Waals surface area contributed by atoms with E-state index in [-0.39, 0.29) is 25.0 Å². The van der Waals surface area contributed by atoms with Gasteiger partial charge in [-0.2, -0.15) is 0 Å². The molecule has 1 saturated carbocycles. The maximum absolute atomic E-state index is 12.1. The van der Waals surface area contributed by atoms with Gasteiger partial charge in [-0.3, -0.25) is 9.59 Å². The number of rotatable bonds is 7. The lowest BCUT2D eigenvalue weighted by Crippen LogP contribution is -2.43. The Kier molecular flexibility index (Phi) is 6.46. The molecule has 1 aliphatic rings. The van der Waals surface area contributed by atoms with Crippen molar-refractivity contribution in [2.45, 2.75) is 64.8 Å². The molecule has 0 spiro atoms. The number of carboxylic acids is 1. The first kappa shape index (κ1) is 17.0. The normalized spacial score (nSPS) is 19.6. The molecule has 0 aromatic rings. The molecule has 5 heteroatoms. The highest BCUT2D eigenvalue weighted by molar-refractivity contribution is 5.85. The van der Waals surface area contributed by atoms with Crippen molar-refractivity contribution in [3.63, 3.8) is 0 Å². The molecule has 0 aliphatic heterocycles. The van der Waals surface area contributed by atoms with E-state index >= 15 is 0 Å². The van der Waals surface area contributed by atoms with Crippen molar-refractivity contribution in [1.29, 1.82) is 0 Å². The third-order valence-electron chi connectivity index (χ3n) is 4.10. The number of amides is 1. The van der Waals surface area contributed by atoms with Crippen molar-refractivity contribution in [3.05, 3.63) is 0 Å². The number of aliphatic carboxylic acids is 1. The van der Waals surface area contributed by atoms with Crippen molar-refractivity contribution in [1.82, 2.24) is 5.32 Å². The van der Waals surface area contributed by atoms with Crippen LogP contribution in [0.15, 0.2) is 0 Å². The molecule has 116 valence electrons. The summed E-state index contributed by atoms with van der Waals surface area (Å²) >= 11 is 0. The molecule has 0 heterocycles. The van der Waals surface area contributed by atoms with Gasteiger partial charge in [0.25, 0.3) is 0 Å². The van der Waals surface area contributed by atoms with Crippen molar-refractivity contribution in [2.24, 2.45) is 11.3 Å². The van der Waals surface area contributed by atoms with Crippen LogP contribution in [-0.4, -0.2) is 34.7 Å². The van der Waals surface area contributed by atoms with Gasteiger partial charge in [0.2, 0.25) is 5.91 Å². The van der Waals surface area contributed by atoms with E-state index in [1.807, 2.05) is 13.8 Å². The van der Waals surface area contributed by atoms with Crippen LogP contribution in [0, 0.1) is 11.3 Å². The molecular weight excluding hydrogens is 258 g/mol. The lowest BCUT2D eigenvalue weighted by Gasteiger charge is -2.33. The van der Waals surface area contributed by atoms with Crippen LogP contribution in [0.5, 0.6) is 0 Å². The van der Waals surface area contributed by atoms with Crippen molar-refractivity contribution in [2.75, 3.05) is 6.61 Å². The monoisotopic (exact) mass is 285 g/mol. The van der Waals surface area contributed by atoms with E-state index in [0.29, 0.717) is 25.2 Å². The molecule has 0 bridgehead atoms. The molecule has 5 nitrogen and oxygen atoms in total. The Hall–Kier alpha value is -1.10. The van der Waals surface area contributed by atoms with E-state index in [1.165, 1.54) is 0 Å². The number of aliphatic hydroxyl groups is 1. The molecule has 3 N–H and O–H groups in total. The quantitative estimate of drug-likeness (QED) is 0.667. The van der Waals surface area contributed by atoms with E-state index in [2.05, 4.69) is 5.32 Å². The second kappa shape index (κ2) is 7.62. The van der Waals surface area contributed by atoms with Crippen LogP contribution in [0.3, 0.4) is 0 Å². The molecule has 0 saturated heterocycles. The van der Waals surface area contributed by atoms with E-state index in [4.69, 9.17) is 0 Å². The molecule has 1 aliphatic carbocycles. The minimum absolute atomic E-state index is 0.0247. The Bertz CT molecular complexity index is 335. The van der Waals surface area contributed by atoms with Gasteiger partial charge in [-0.15, -0.1) is 0 Å². The summed E-state index contributed by atoms with van der Waals surface area (Å²) in [6.07, 6.45) is 4.65. The molecule has 1 unspecified atom stereocenters. The predicted octanol–water partition coefficient (Wildman–Crippen LogP) is 1.93. The third kappa shape index (κ3) is 4.78. The molecule has 20 heavy (non-hydrogen) atoms. The van der Waals surface area contributed by atoms with Crippen molar-refractivity contribution < 1.29 is 19.8 Å². The summed E-state index contributed by atoms with van der Waals surface area (Å²) in [6.45, 7) is 3.94. The molecular formula is C15H27NO4. The maximum atomic E-state index is 12.1. The van der Waals surface area contributed by atoms with Crippen LogP contribution in [0.25, 0.3) is 0 Å². The smallest absolute Gasteiger partial charge is 0.310 e. The summed E-state index contributed by atoms with van der Waals surface area (Å²) in [4.78, 5) is 23.6. The van der Waals surface area contributed by atoms with Crippen LogP contribution in [0.1, 0.15) is 58.8 Å². The Balaban J connectivity index is 2.60. The highest BCUT2D eigenvalue weighted by Crippen LogP contribution is 2.39. The summed E-state index contributed by atoms with van der Waals surface area (Å²) < 4.78 is 0. The summed E-state index contributed by atoms with van der Waals surface area (Å²) in [5.41, 5.74) is -0.903. The van der Waals surface area contributed by atoms with Crippen molar-refractivity contribution in [3.8, 4) is 0 Å². The minimum atomic E-state index is -0.903. The Labute approximate surface area is 120 Å². The van der Waals surface area contributed by atoms with Gasteiger partial charge in [0.05, 0.1) is 18.1 Å². The van der Waals surface area contributed by atoms with Gasteiger partial charge in [0, 0.05) is 6.42 Å². The van der Waals surface area contributed by atoms with Crippen LogP contribution in [-0.2, 0) is 9.59 Å². The second-order valence-corrected chi connectivity index (χ2v) is 6.40. The fourth-order valence-electron chi connectivity index (χ4n) is 3.03. The van der Waals surface area contributed by atoms with Gasteiger partial charge in [-0.1, -0.05) is 33.1 Å². The number of nitrogens with one attached hydrogen (secondary N) is 1. The van der Waals surface area contributed by atoms with Crippen LogP contribution in [0.4, 0.5) is 0 Å².